The minimum Gasteiger partial charge on any atom is -0.396 e. The van der Waals surface area contributed by atoms with Crippen molar-refractivity contribution in [2.45, 2.75) is 24.8 Å². The molecule has 2 N–H and O–H groups in total. The minimum atomic E-state index is 0.309. The van der Waals surface area contributed by atoms with Gasteiger partial charge < -0.3 is 15.0 Å². The largest absolute Gasteiger partial charge is 0.396 e. The van der Waals surface area contributed by atoms with Gasteiger partial charge in [0.2, 0.25) is 0 Å². The second-order valence-corrected chi connectivity index (χ2v) is 6.19. The molecule has 3 atom stereocenters. The lowest BCUT2D eigenvalue weighted by molar-refractivity contribution is 0.0772. The lowest BCUT2D eigenvalue weighted by atomic mass is 9.72. The van der Waals surface area contributed by atoms with Crippen molar-refractivity contribution < 1.29 is 5.11 Å². The third-order valence-corrected chi connectivity index (χ3v) is 5.07. The number of H-pyrrole nitrogens is 1. The Balaban J connectivity index is 1.86. The van der Waals surface area contributed by atoms with Gasteiger partial charge in [0.1, 0.15) is 0 Å². The number of piperidine rings is 1. The smallest absolute Gasteiger partial charge is 0.0471 e. The van der Waals surface area contributed by atoms with Gasteiger partial charge in [0.05, 0.1) is 0 Å². The first-order chi connectivity index (χ1) is 9.28. The van der Waals surface area contributed by atoms with Crippen molar-refractivity contribution >= 4 is 10.9 Å². The summed E-state index contributed by atoms with van der Waals surface area (Å²) in [7, 11) is 2.21. The third-order valence-electron chi connectivity index (χ3n) is 5.07. The first-order valence-corrected chi connectivity index (χ1v) is 7.18. The number of likely N-dealkylation sites (tertiary alicyclic amines) is 1. The Bertz CT molecular complexity index is 618. The number of aromatic nitrogens is 1. The summed E-state index contributed by atoms with van der Waals surface area (Å²) in [5.74, 6) is 0.991. The molecule has 0 bridgehead atoms. The second-order valence-electron chi connectivity index (χ2n) is 6.19. The van der Waals surface area contributed by atoms with E-state index in [9.17, 15) is 5.11 Å². The Morgan fingerprint density at radius 3 is 3.16 bits per heavy atom. The second kappa shape index (κ2) is 4.09. The number of aliphatic hydroxyl groups is 1. The van der Waals surface area contributed by atoms with E-state index in [-0.39, 0.29) is 0 Å². The Labute approximate surface area is 113 Å². The van der Waals surface area contributed by atoms with Crippen molar-refractivity contribution in [1.29, 1.82) is 0 Å². The van der Waals surface area contributed by atoms with E-state index in [1.165, 1.54) is 22.0 Å². The summed E-state index contributed by atoms with van der Waals surface area (Å²) in [6.07, 6.45) is 4.43. The van der Waals surface area contributed by atoms with Crippen LogP contribution in [0, 0.1) is 5.92 Å². The molecule has 1 aliphatic carbocycles. The summed E-state index contributed by atoms with van der Waals surface area (Å²) in [6.45, 7) is 1.33. The highest BCUT2D eigenvalue weighted by molar-refractivity contribution is 5.88. The molecule has 3 heteroatoms. The molecule has 3 nitrogen and oxygen atoms in total. The highest BCUT2D eigenvalue weighted by Crippen LogP contribution is 2.44. The molecule has 0 unspecified atom stereocenters. The lowest BCUT2D eigenvalue weighted by Crippen LogP contribution is -2.48. The van der Waals surface area contributed by atoms with Crippen LogP contribution in [0.2, 0.25) is 0 Å². The van der Waals surface area contributed by atoms with Gasteiger partial charge in [-0.1, -0.05) is 12.1 Å². The van der Waals surface area contributed by atoms with Crippen LogP contribution in [0.3, 0.4) is 0 Å². The number of hydrogen-bond donors (Lipinski definition) is 2. The Hall–Kier alpha value is -1.32. The summed E-state index contributed by atoms with van der Waals surface area (Å²) in [6, 6.07) is 7.20. The molecule has 19 heavy (non-hydrogen) atoms. The summed E-state index contributed by atoms with van der Waals surface area (Å²) >= 11 is 0. The molecule has 0 amide bonds. The van der Waals surface area contributed by atoms with Crippen LogP contribution in [0.25, 0.3) is 10.9 Å². The molecule has 0 saturated carbocycles. The summed E-state index contributed by atoms with van der Waals surface area (Å²) in [5.41, 5.74) is 4.20. The van der Waals surface area contributed by atoms with E-state index in [1.807, 2.05) is 0 Å². The standard InChI is InChI=1S/C16H20N2O/c1-18-8-10(9-19)5-13-12-3-2-4-14-16(12)11(7-17-14)6-15(13)18/h2-4,7,10,13,15,17,19H,5-6,8-9H2,1H3/t10-,13-,15-/m1/s1. The predicted octanol–water partition coefficient (Wildman–Crippen LogP) is 2.12. The highest BCUT2D eigenvalue weighted by atomic mass is 16.3. The molecule has 0 spiro atoms. The fourth-order valence-electron chi connectivity index (χ4n) is 4.19. The number of nitrogens with zero attached hydrogens (tertiary/aromatic N) is 1. The van der Waals surface area contributed by atoms with Crippen LogP contribution in [0.5, 0.6) is 0 Å². The van der Waals surface area contributed by atoms with E-state index in [2.05, 4.69) is 41.3 Å². The van der Waals surface area contributed by atoms with Gasteiger partial charge in [0, 0.05) is 42.2 Å². The molecule has 2 aliphatic rings. The van der Waals surface area contributed by atoms with Crippen molar-refractivity contribution in [3.8, 4) is 0 Å². The Kier molecular flexibility index (Phi) is 2.47. The molecule has 4 rings (SSSR count). The normalized spacial score (nSPS) is 30.5. The molecule has 1 aromatic carbocycles. The van der Waals surface area contributed by atoms with Crippen molar-refractivity contribution in [2.24, 2.45) is 5.92 Å². The van der Waals surface area contributed by atoms with Gasteiger partial charge in [0.25, 0.3) is 0 Å². The number of fused-ring (bicyclic) bond motifs is 2. The summed E-state index contributed by atoms with van der Waals surface area (Å²) < 4.78 is 0. The molecule has 100 valence electrons. The molecular formula is C16H20N2O. The highest BCUT2D eigenvalue weighted by Gasteiger charge is 2.38. The molecule has 2 heterocycles. The van der Waals surface area contributed by atoms with Crippen LogP contribution in [-0.4, -0.2) is 41.2 Å². The fraction of sp³-hybridized carbons (Fsp3) is 0.500. The Morgan fingerprint density at radius 2 is 2.32 bits per heavy atom. The summed E-state index contributed by atoms with van der Waals surface area (Å²) in [4.78, 5) is 5.85. The number of hydrogen-bond acceptors (Lipinski definition) is 2. The number of nitrogens with one attached hydrogen (secondary N) is 1. The maximum Gasteiger partial charge on any atom is 0.0471 e. The van der Waals surface area contributed by atoms with Gasteiger partial charge in [0.15, 0.2) is 0 Å². The zero-order chi connectivity index (χ0) is 13.0. The van der Waals surface area contributed by atoms with Crippen molar-refractivity contribution in [2.75, 3.05) is 20.2 Å². The SMILES string of the molecule is CN1C[C@H](CO)C[C@@H]2c3cccc4[nH]cc(c34)C[C@H]21. The maximum absolute atomic E-state index is 9.52. The van der Waals surface area contributed by atoms with Crippen LogP contribution < -0.4 is 0 Å². The molecule has 1 fully saturated rings. The number of likely N-dealkylation sites (N-methyl/N-ethyl adjacent to an activating group) is 1. The van der Waals surface area contributed by atoms with Crippen LogP contribution in [0.15, 0.2) is 24.4 Å². The molecule has 1 aromatic heterocycles. The molecule has 0 radical (unpaired) electrons. The van der Waals surface area contributed by atoms with E-state index in [0.29, 0.717) is 24.5 Å². The van der Waals surface area contributed by atoms with Gasteiger partial charge in [-0.2, -0.15) is 0 Å². The van der Waals surface area contributed by atoms with Gasteiger partial charge in [-0.15, -0.1) is 0 Å². The Morgan fingerprint density at radius 1 is 1.42 bits per heavy atom. The number of aromatic amines is 1. The molecule has 2 aromatic rings. The quantitative estimate of drug-likeness (QED) is 0.820. The van der Waals surface area contributed by atoms with E-state index >= 15 is 0 Å². The average Bonchev–Trinajstić information content (AvgIpc) is 2.85. The van der Waals surface area contributed by atoms with Crippen LogP contribution >= 0.6 is 0 Å². The molecule has 1 saturated heterocycles. The van der Waals surface area contributed by atoms with Gasteiger partial charge >= 0.3 is 0 Å². The minimum absolute atomic E-state index is 0.309. The van der Waals surface area contributed by atoms with E-state index in [0.717, 1.165) is 19.4 Å². The van der Waals surface area contributed by atoms with Crippen molar-refractivity contribution in [3.63, 3.8) is 0 Å². The topological polar surface area (TPSA) is 39.3 Å². The fourth-order valence-corrected chi connectivity index (χ4v) is 4.19. The predicted molar refractivity (Wildman–Crippen MR) is 76.4 cm³/mol. The third kappa shape index (κ3) is 1.58. The molecular weight excluding hydrogens is 236 g/mol. The van der Waals surface area contributed by atoms with Crippen LogP contribution in [-0.2, 0) is 6.42 Å². The first kappa shape index (κ1) is 11.5. The maximum atomic E-state index is 9.52. The van der Waals surface area contributed by atoms with Gasteiger partial charge in [-0.3, -0.25) is 0 Å². The number of rotatable bonds is 1. The van der Waals surface area contributed by atoms with Gasteiger partial charge in [-0.05, 0) is 43.0 Å². The van der Waals surface area contributed by atoms with Gasteiger partial charge in [-0.25, -0.2) is 0 Å². The summed E-state index contributed by atoms with van der Waals surface area (Å²) in [5, 5.41) is 11.0. The van der Waals surface area contributed by atoms with E-state index < -0.39 is 0 Å². The van der Waals surface area contributed by atoms with Crippen LogP contribution in [0.4, 0.5) is 0 Å². The zero-order valence-corrected chi connectivity index (χ0v) is 11.3. The zero-order valence-electron chi connectivity index (χ0n) is 11.3. The van der Waals surface area contributed by atoms with Crippen molar-refractivity contribution in [1.82, 2.24) is 9.88 Å². The first-order valence-electron chi connectivity index (χ1n) is 7.18. The average molecular weight is 256 g/mol. The van der Waals surface area contributed by atoms with Crippen molar-refractivity contribution in [3.05, 3.63) is 35.5 Å². The monoisotopic (exact) mass is 256 g/mol. The lowest BCUT2D eigenvalue weighted by Gasteiger charge is -2.45. The molecule has 1 aliphatic heterocycles. The number of benzene rings is 1. The van der Waals surface area contributed by atoms with Crippen LogP contribution in [0.1, 0.15) is 23.5 Å². The van der Waals surface area contributed by atoms with E-state index in [1.54, 1.807) is 0 Å². The number of aliphatic hydroxyl groups excluding tert-OH is 1. The van der Waals surface area contributed by atoms with E-state index in [4.69, 9.17) is 0 Å².